The fraction of sp³-hybridized carbons (Fsp3) is 0.514. The topological polar surface area (TPSA) is 70.0 Å². The van der Waals surface area contributed by atoms with Crippen LogP contribution in [0.2, 0.25) is 0 Å². The summed E-state index contributed by atoms with van der Waals surface area (Å²) in [6.45, 7) is 18.1. The Bertz CT molecular complexity index is 1200. The third-order valence-corrected chi connectivity index (χ3v) is 6.89. The molecule has 1 aromatic rings. The third kappa shape index (κ3) is 11.6. The maximum absolute atomic E-state index is 14.3. The van der Waals surface area contributed by atoms with Crippen molar-refractivity contribution in [1.82, 2.24) is 4.90 Å². The van der Waals surface area contributed by atoms with Crippen LogP contribution < -0.4 is 0 Å². The summed E-state index contributed by atoms with van der Waals surface area (Å²) in [5, 5.41) is 9.52. The molecule has 1 saturated carbocycles. The Morgan fingerprint density at radius 1 is 1.07 bits per heavy atom. The van der Waals surface area contributed by atoms with Gasteiger partial charge in [-0.1, -0.05) is 80.3 Å². The smallest absolute Gasteiger partial charge is 0.354 e. The molecule has 0 heterocycles. The van der Waals surface area contributed by atoms with Crippen molar-refractivity contribution >= 4 is 17.6 Å². The van der Waals surface area contributed by atoms with Crippen LogP contribution in [0.25, 0.3) is 0 Å². The number of hydrogen-bond acceptors (Lipinski definition) is 3. The number of rotatable bonds is 13. The van der Waals surface area contributed by atoms with Crippen molar-refractivity contribution in [2.75, 3.05) is 13.1 Å². The number of carboxylic acids is 1. The number of amides is 1. The highest BCUT2D eigenvalue weighted by Crippen LogP contribution is 2.53. The number of halogens is 1. The maximum atomic E-state index is 14.3. The summed E-state index contributed by atoms with van der Waals surface area (Å²) in [5.41, 5.74) is 4.37. The molecule has 0 saturated heterocycles. The zero-order valence-corrected chi connectivity index (χ0v) is 26.7. The van der Waals surface area contributed by atoms with E-state index in [0.717, 1.165) is 36.0 Å². The Morgan fingerprint density at radius 3 is 2.24 bits per heavy atom. The van der Waals surface area contributed by atoms with Crippen molar-refractivity contribution in [3.8, 4) is 0 Å². The van der Waals surface area contributed by atoms with Gasteiger partial charge >= 0.3 is 5.97 Å². The largest absolute Gasteiger partial charge is 0.477 e. The summed E-state index contributed by atoms with van der Waals surface area (Å²) in [4.78, 5) is 31.7. The number of carbonyl (C=O) groups excluding carboxylic acids is 1. The number of aliphatic imine (C=N–C) groups is 1. The molecule has 1 aliphatic carbocycles. The highest BCUT2D eigenvalue weighted by Gasteiger charge is 2.52. The monoisotopic (exact) mass is 566 g/mol. The van der Waals surface area contributed by atoms with Crippen LogP contribution in [0.1, 0.15) is 98.6 Å². The van der Waals surface area contributed by atoms with Crippen LogP contribution in [0, 0.1) is 18.2 Å². The summed E-state index contributed by atoms with van der Waals surface area (Å²) in [6, 6.07) is 5.08. The highest BCUT2D eigenvalue weighted by molar-refractivity contribution is 5.96. The molecule has 1 N–H and O–H groups in total. The molecule has 1 aliphatic rings. The minimum Gasteiger partial charge on any atom is -0.477 e. The van der Waals surface area contributed by atoms with Gasteiger partial charge in [-0.3, -0.25) is 4.79 Å². The molecule has 0 aliphatic heterocycles. The number of aryl methyl sites for hydroxylation is 2. The van der Waals surface area contributed by atoms with Gasteiger partial charge in [-0.25, -0.2) is 14.2 Å². The first kappa shape index (κ1) is 35.7. The lowest BCUT2D eigenvalue weighted by Crippen LogP contribution is -2.41. The molecule has 0 spiro atoms. The fourth-order valence-electron chi connectivity index (χ4n) is 4.46. The summed E-state index contributed by atoms with van der Waals surface area (Å²) in [5.74, 6) is -1.30. The van der Waals surface area contributed by atoms with E-state index in [1.165, 1.54) is 12.5 Å². The van der Waals surface area contributed by atoms with Crippen molar-refractivity contribution < 1.29 is 19.1 Å². The van der Waals surface area contributed by atoms with Gasteiger partial charge < -0.3 is 10.0 Å². The van der Waals surface area contributed by atoms with E-state index in [2.05, 4.69) is 37.9 Å². The van der Waals surface area contributed by atoms with Gasteiger partial charge in [0.05, 0.1) is 12.0 Å². The average Bonchev–Trinajstić information content (AvgIpc) is 3.72. The maximum Gasteiger partial charge on any atom is 0.354 e. The molecule has 0 atom stereocenters. The zero-order chi connectivity index (χ0) is 31.2. The molecular weight excluding hydrogens is 515 g/mol. The van der Waals surface area contributed by atoms with Gasteiger partial charge in [0.15, 0.2) is 0 Å². The molecule has 0 unspecified atom stereocenters. The first-order valence-corrected chi connectivity index (χ1v) is 14.8. The lowest BCUT2D eigenvalue weighted by atomic mass is 9.94. The molecule has 1 aromatic carbocycles. The van der Waals surface area contributed by atoms with Gasteiger partial charge in [-0.2, -0.15) is 0 Å². The normalized spacial score (nSPS) is 14.8. The van der Waals surface area contributed by atoms with Crippen molar-refractivity contribution in [3.05, 3.63) is 81.9 Å². The Labute approximate surface area is 247 Å². The lowest BCUT2D eigenvalue weighted by Gasteiger charge is -2.28. The van der Waals surface area contributed by atoms with Crippen LogP contribution in [0.15, 0.2) is 69.9 Å². The third-order valence-electron chi connectivity index (χ3n) is 6.89. The average molecular weight is 567 g/mol. The lowest BCUT2D eigenvalue weighted by molar-refractivity contribution is -0.135. The molecule has 0 radical (unpaired) electrons. The number of benzene rings is 1. The van der Waals surface area contributed by atoms with Gasteiger partial charge in [0.2, 0.25) is 5.91 Å². The van der Waals surface area contributed by atoms with Crippen molar-refractivity contribution in [3.63, 3.8) is 0 Å². The second-order valence-electron chi connectivity index (χ2n) is 11.3. The van der Waals surface area contributed by atoms with E-state index in [-0.39, 0.29) is 24.0 Å². The van der Waals surface area contributed by atoms with E-state index in [1.54, 1.807) is 31.7 Å². The molecule has 226 valence electrons. The summed E-state index contributed by atoms with van der Waals surface area (Å²) >= 11 is 0. The first-order valence-electron chi connectivity index (χ1n) is 14.8. The molecule has 0 aromatic heterocycles. The number of carboxylic acid groups (broad SMARTS) is 1. The number of aliphatic carboxylic acids is 1. The number of carbonyl (C=O) groups is 2. The van der Waals surface area contributed by atoms with E-state index in [9.17, 15) is 19.1 Å². The van der Waals surface area contributed by atoms with E-state index in [1.807, 2.05) is 39.0 Å². The molecule has 1 fully saturated rings. The van der Waals surface area contributed by atoms with Gasteiger partial charge in [0.1, 0.15) is 11.5 Å². The molecule has 2 rings (SSSR count). The minimum atomic E-state index is -1.09. The number of hydrogen-bond donors (Lipinski definition) is 1. The van der Waals surface area contributed by atoms with Crippen LogP contribution in [0.3, 0.4) is 0 Å². The molecule has 41 heavy (non-hydrogen) atoms. The van der Waals surface area contributed by atoms with Crippen LogP contribution in [-0.2, 0) is 16.0 Å². The Balaban J connectivity index is 0.00000268. The van der Waals surface area contributed by atoms with E-state index >= 15 is 0 Å². The van der Waals surface area contributed by atoms with Crippen LogP contribution in [0.4, 0.5) is 4.39 Å². The Morgan fingerprint density at radius 2 is 1.71 bits per heavy atom. The van der Waals surface area contributed by atoms with Gasteiger partial charge in [0.25, 0.3) is 0 Å². The van der Waals surface area contributed by atoms with Gasteiger partial charge in [0, 0.05) is 12.3 Å². The van der Waals surface area contributed by atoms with Gasteiger partial charge in [-0.05, 0) is 90.8 Å². The van der Waals surface area contributed by atoms with E-state index < -0.39 is 11.4 Å². The predicted octanol–water partition coefficient (Wildman–Crippen LogP) is 8.79. The van der Waals surface area contributed by atoms with Crippen LogP contribution in [-0.4, -0.2) is 40.7 Å². The van der Waals surface area contributed by atoms with E-state index in [0.29, 0.717) is 36.2 Å². The second-order valence-corrected chi connectivity index (χ2v) is 11.3. The number of nitrogens with zero attached hydrogens (tertiary/aromatic N) is 2. The second kappa shape index (κ2) is 17.5. The first-order chi connectivity index (χ1) is 19.3. The molecule has 6 heteroatoms. The van der Waals surface area contributed by atoms with Crippen molar-refractivity contribution in [2.45, 2.75) is 101 Å². The molecule has 5 nitrogen and oxygen atoms in total. The van der Waals surface area contributed by atoms with Crippen molar-refractivity contribution in [1.29, 1.82) is 0 Å². The zero-order valence-electron chi connectivity index (χ0n) is 26.7. The highest BCUT2D eigenvalue weighted by atomic mass is 19.1. The number of allylic oxidation sites excluding steroid dienone is 6. The van der Waals surface area contributed by atoms with E-state index in [4.69, 9.17) is 0 Å². The van der Waals surface area contributed by atoms with Gasteiger partial charge in [-0.15, -0.1) is 0 Å². The molecule has 1 amide bonds. The fourth-order valence-corrected chi connectivity index (χ4v) is 4.46. The minimum absolute atomic E-state index is 0.00492. The molecule has 0 bridgehead atoms. The van der Waals surface area contributed by atoms with Crippen LogP contribution >= 0.6 is 0 Å². The van der Waals surface area contributed by atoms with Crippen molar-refractivity contribution in [2.24, 2.45) is 10.4 Å². The molecular formula is C35H51FN2O3. The Hall–Kier alpha value is -3.28. The standard InChI is InChI=1S/C32H43FN2O3.C3H8/c1-8-9-11-23(4)13-15-25(6)32(17-18-32)31(38)35(21-26(7)34-29(22(2)3)30(36)37)19-10-12-27-20-24(5)14-16-28(27)33;1-3-2/h9,11,13-16,20H,8,10,12,17-19,21H2,1-7H3,(H,36,37);3H2,1-2H3/b11-9+,23-13-,25-15+,34-26?;. The predicted molar refractivity (Wildman–Crippen MR) is 170 cm³/mol. The SMILES string of the molecule is CC/C=C/C(C)=C\C=C(/C)C1(C(=O)N(CCCc2cc(C)ccc2F)CC(C)=NC(C(=O)O)=C(C)C)CC1.CCC. The summed E-state index contributed by atoms with van der Waals surface area (Å²) in [6.07, 6.45) is 13.1. The Kier molecular flexibility index (Phi) is 15.3. The van der Waals surface area contributed by atoms with Crippen LogP contribution in [0.5, 0.6) is 0 Å². The summed E-state index contributed by atoms with van der Waals surface area (Å²) in [7, 11) is 0. The quantitative estimate of drug-likeness (QED) is 0.147. The summed E-state index contributed by atoms with van der Waals surface area (Å²) < 4.78 is 14.3.